The minimum atomic E-state index is 0.0656. The lowest BCUT2D eigenvalue weighted by Gasteiger charge is -2.20. The molecule has 0 N–H and O–H groups in total. The highest BCUT2D eigenvalue weighted by Crippen LogP contribution is 2.31. The van der Waals surface area contributed by atoms with Crippen molar-refractivity contribution in [1.82, 2.24) is 0 Å². The van der Waals surface area contributed by atoms with Crippen molar-refractivity contribution in [3.8, 4) is 11.5 Å². The molecule has 0 heterocycles. The van der Waals surface area contributed by atoms with Gasteiger partial charge < -0.3 is 9.47 Å². The summed E-state index contributed by atoms with van der Waals surface area (Å²) in [6, 6.07) is 11.4. The first-order valence-corrected chi connectivity index (χ1v) is 7.29. The zero-order chi connectivity index (χ0) is 14.8. The zero-order valence-corrected chi connectivity index (χ0v) is 12.3. The Morgan fingerprint density at radius 1 is 0.857 bits per heavy atom. The van der Waals surface area contributed by atoms with Crippen LogP contribution >= 0.6 is 0 Å². The molecule has 0 saturated carbocycles. The van der Waals surface area contributed by atoms with Crippen LogP contribution in [-0.4, -0.2) is 19.0 Å². The third-order valence-electron chi connectivity index (χ3n) is 3.65. The van der Waals surface area contributed by atoms with E-state index in [-0.39, 0.29) is 5.78 Å². The average Bonchev–Trinajstić information content (AvgIpc) is 2.49. The van der Waals surface area contributed by atoms with E-state index in [1.54, 1.807) is 0 Å². The number of rotatable bonds is 4. The SMILES string of the molecule is CCOc1ccc2c(c1)Cc1ccc(OCC)cc1C2=O. The summed E-state index contributed by atoms with van der Waals surface area (Å²) in [4.78, 5) is 12.6. The monoisotopic (exact) mass is 282 g/mol. The fourth-order valence-corrected chi connectivity index (χ4v) is 2.72. The number of carbonyl (C=O) groups excluding carboxylic acids is 1. The molecule has 0 atom stereocenters. The van der Waals surface area contributed by atoms with Crippen LogP contribution in [0.2, 0.25) is 0 Å². The van der Waals surface area contributed by atoms with Gasteiger partial charge in [0.1, 0.15) is 11.5 Å². The van der Waals surface area contributed by atoms with Gasteiger partial charge in [0.15, 0.2) is 5.78 Å². The Labute approximate surface area is 124 Å². The third kappa shape index (κ3) is 2.51. The van der Waals surface area contributed by atoms with Gasteiger partial charge in [-0.3, -0.25) is 4.79 Å². The summed E-state index contributed by atoms with van der Waals surface area (Å²) in [6.07, 6.45) is 0.754. The van der Waals surface area contributed by atoms with Gasteiger partial charge >= 0.3 is 0 Å². The molecule has 0 bridgehead atoms. The normalized spacial score (nSPS) is 12.6. The van der Waals surface area contributed by atoms with Crippen molar-refractivity contribution in [3.63, 3.8) is 0 Å². The van der Waals surface area contributed by atoms with Crippen molar-refractivity contribution in [2.75, 3.05) is 13.2 Å². The van der Waals surface area contributed by atoms with Gasteiger partial charge in [-0.25, -0.2) is 0 Å². The summed E-state index contributed by atoms with van der Waals surface area (Å²) in [5, 5.41) is 0. The van der Waals surface area contributed by atoms with Crippen LogP contribution in [0.1, 0.15) is 40.9 Å². The van der Waals surface area contributed by atoms with Gasteiger partial charge in [0.25, 0.3) is 0 Å². The van der Waals surface area contributed by atoms with E-state index >= 15 is 0 Å². The molecule has 0 aromatic heterocycles. The molecule has 3 rings (SSSR count). The van der Waals surface area contributed by atoms with E-state index in [1.807, 2.05) is 50.2 Å². The molecule has 0 amide bonds. The molecule has 1 aliphatic rings. The maximum absolute atomic E-state index is 12.6. The molecule has 1 aliphatic carbocycles. The van der Waals surface area contributed by atoms with E-state index in [4.69, 9.17) is 9.47 Å². The Balaban J connectivity index is 2.00. The average molecular weight is 282 g/mol. The summed E-state index contributed by atoms with van der Waals surface area (Å²) in [5.74, 6) is 1.63. The lowest BCUT2D eigenvalue weighted by molar-refractivity contribution is 0.103. The first-order valence-electron chi connectivity index (χ1n) is 7.29. The number of ether oxygens (including phenoxy) is 2. The van der Waals surface area contributed by atoms with Gasteiger partial charge in [-0.1, -0.05) is 6.07 Å². The second-order valence-electron chi connectivity index (χ2n) is 5.01. The van der Waals surface area contributed by atoms with E-state index in [1.165, 1.54) is 0 Å². The predicted molar refractivity (Wildman–Crippen MR) is 81.5 cm³/mol. The van der Waals surface area contributed by atoms with Crippen molar-refractivity contribution in [3.05, 3.63) is 58.7 Å². The lowest BCUT2D eigenvalue weighted by atomic mass is 9.85. The molecule has 21 heavy (non-hydrogen) atoms. The molecule has 2 aromatic rings. The zero-order valence-electron chi connectivity index (χ0n) is 12.3. The van der Waals surface area contributed by atoms with Crippen LogP contribution in [-0.2, 0) is 6.42 Å². The van der Waals surface area contributed by atoms with E-state index in [0.29, 0.717) is 13.2 Å². The highest BCUT2D eigenvalue weighted by molar-refractivity contribution is 6.12. The molecule has 0 fully saturated rings. The molecular weight excluding hydrogens is 264 g/mol. The Kier molecular flexibility index (Phi) is 3.65. The first kappa shape index (κ1) is 13.7. The van der Waals surface area contributed by atoms with Crippen LogP contribution in [0, 0.1) is 0 Å². The van der Waals surface area contributed by atoms with Crippen molar-refractivity contribution >= 4 is 5.78 Å². The largest absolute Gasteiger partial charge is 0.494 e. The molecule has 0 spiro atoms. The standard InChI is InChI=1S/C18H18O3/c1-3-20-14-7-8-16-13(10-14)9-12-5-6-15(21-4-2)11-17(12)18(16)19/h5-8,10-11H,3-4,9H2,1-2H3. The molecular formula is C18H18O3. The van der Waals surface area contributed by atoms with Gasteiger partial charge in [0, 0.05) is 11.1 Å². The Hall–Kier alpha value is -2.29. The number of hydrogen-bond donors (Lipinski definition) is 0. The molecule has 3 nitrogen and oxygen atoms in total. The minimum absolute atomic E-state index is 0.0656. The number of carbonyl (C=O) groups is 1. The Morgan fingerprint density at radius 3 is 2.24 bits per heavy atom. The summed E-state index contributed by atoms with van der Waals surface area (Å²) in [5.41, 5.74) is 3.59. The maximum atomic E-state index is 12.6. The Morgan fingerprint density at radius 2 is 1.52 bits per heavy atom. The van der Waals surface area contributed by atoms with Gasteiger partial charge in [-0.2, -0.15) is 0 Å². The molecule has 0 radical (unpaired) electrons. The number of fused-ring (bicyclic) bond motifs is 2. The van der Waals surface area contributed by atoms with Crippen LogP contribution in [0.25, 0.3) is 0 Å². The molecule has 0 aliphatic heterocycles. The number of hydrogen-bond acceptors (Lipinski definition) is 3. The summed E-state index contributed by atoms with van der Waals surface area (Å²) in [6.45, 7) is 5.11. The quantitative estimate of drug-likeness (QED) is 0.733. The van der Waals surface area contributed by atoms with Crippen molar-refractivity contribution in [1.29, 1.82) is 0 Å². The van der Waals surface area contributed by atoms with E-state index in [0.717, 1.165) is 40.2 Å². The third-order valence-corrected chi connectivity index (χ3v) is 3.65. The molecule has 108 valence electrons. The van der Waals surface area contributed by atoms with Gasteiger partial charge in [0.05, 0.1) is 13.2 Å². The first-order chi connectivity index (χ1) is 10.2. The summed E-state index contributed by atoms with van der Waals surface area (Å²) in [7, 11) is 0. The molecule has 3 heteroatoms. The topological polar surface area (TPSA) is 35.5 Å². The fourth-order valence-electron chi connectivity index (χ4n) is 2.72. The lowest BCUT2D eigenvalue weighted by Crippen LogP contribution is -2.15. The van der Waals surface area contributed by atoms with Crippen LogP contribution in [0.15, 0.2) is 36.4 Å². The second-order valence-corrected chi connectivity index (χ2v) is 5.01. The molecule has 2 aromatic carbocycles. The van der Waals surface area contributed by atoms with Crippen molar-refractivity contribution in [2.45, 2.75) is 20.3 Å². The van der Waals surface area contributed by atoms with Crippen LogP contribution in [0.4, 0.5) is 0 Å². The van der Waals surface area contributed by atoms with E-state index < -0.39 is 0 Å². The number of benzene rings is 2. The minimum Gasteiger partial charge on any atom is -0.494 e. The van der Waals surface area contributed by atoms with Gasteiger partial charge in [-0.05, 0) is 61.7 Å². The van der Waals surface area contributed by atoms with Gasteiger partial charge in [-0.15, -0.1) is 0 Å². The summed E-state index contributed by atoms with van der Waals surface area (Å²) >= 11 is 0. The maximum Gasteiger partial charge on any atom is 0.193 e. The highest BCUT2D eigenvalue weighted by atomic mass is 16.5. The van der Waals surface area contributed by atoms with E-state index in [2.05, 4.69) is 0 Å². The van der Waals surface area contributed by atoms with Crippen molar-refractivity contribution < 1.29 is 14.3 Å². The van der Waals surface area contributed by atoms with Gasteiger partial charge in [0.2, 0.25) is 0 Å². The number of ketones is 1. The Bertz CT molecular complexity index is 689. The predicted octanol–water partition coefficient (Wildman–Crippen LogP) is 3.62. The van der Waals surface area contributed by atoms with Crippen LogP contribution in [0.3, 0.4) is 0 Å². The smallest absolute Gasteiger partial charge is 0.193 e. The van der Waals surface area contributed by atoms with Crippen LogP contribution in [0.5, 0.6) is 11.5 Å². The van der Waals surface area contributed by atoms with Crippen LogP contribution < -0.4 is 9.47 Å². The second kappa shape index (κ2) is 5.60. The fraction of sp³-hybridized carbons (Fsp3) is 0.278. The van der Waals surface area contributed by atoms with Crippen molar-refractivity contribution in [2.24, 2.45) is 0 Å². The molecule has 0 unspecified atom stereocenters. The highest BCUT2D eigenvalue weighted by Gasteiger charge is 2.24. The summed E-state index contributed by atoms with van der Waals surface area (Å²) < 4.78 is 11.0. The van der Waals surface area contributed by atoms with E-state index in [9.17, 15) is 4.79 Å². The molecule has 0 saturated heterocycles.